The normalized spacial score (nSPS) is 15.6. The number of nitro benzene ring substituents is 1. The first-order valence-corrected chi connectivity index (χ1v) is 9.87. The van der Waals surface area contributed by atoms with Crippen LogP contribution in [0, 0.1) is 10.1 Å². The van der Waals surface area contributed by atoms with Crippen molar-refractivity contribution in [3.63, 3.8) is 0 Å². The second-order valence-corrected chi connectivity index (χ2v) is 7.06. The van der Waals surface area contributed by atoms with Crippen LogP contribution in [0.15, 0.2) is 42.5 Å². The molecule has 0 saturated heterocycles. The first-order chi connectivity index (χ1) is 13.5. The van der Waals surface area contributed by atoms with Crippen molar-refractivity contribution in [3.8, 4) is 0 Å². The van der Waals surface area contributed by atoms with Gasteiger partial charge in [-0.1, -0.05) is 38.1 Å². The average Bonchev–Trinajstić information content (AvgIpc) is 3.05. The van der Waals surface area contributed by atoms with Crippen LogP contribution in [0.3, 0.4) is 0 Å². The average molecular weight is 383 g/mol. The molecule has 2 aromatic rings. The third-order valence-electron chi connectivity index (χ3n) is 5.44. The van der Waals surface area contributed by atoms with Gasteiger partial charge in [-0.2, -0.15) is 0 Å². The summed E-state index contributed by atoms with van der Waals surface area (Å²) in [7, 11) is 0. The van der Waals surface area contributed by atoms with E-state index in [0.29, 0.717) is 6.54 Å². The van der Waals surface area contributed by atoms with Crippen molar-refractivity contribution in [1.82, 2.24) is 4.90 Å². The molecular formula is C21H29N5O2. The number of hydrogen-bond donors (Lipinski definition) is 2. The molecule has 0 saturated carbocycles. The van der Waals surface area contributed by atoms with Gasteiger partial charge in [0.1, 0.15) is 6.17 Å². The second-order valence-electron chi connectivity index (χ2n) is 7.06. The molecule has 7 nitrogen and oxygen atoms in total. The van der Waals surface area contributed by atoms with Gasteiger partial charge in [-0.05, 0) is 30.3 Å². The molecule has 2 aromatic carbocycles. The number of rotatable bonds is 9. The van der Waals surface area contributed by atoms with Crippen molar-refractivity contribution >= 4 is 17.1 Å². The lowest BCUT2D eigenvalue weighted by Gasteiger charge is -2.29. The smallest absolute Gasteiger partial charge is 0.271 e. The fraction of sp³-hybridized carbons (Fsp3) is 0.429. The van der Waals surface area contributed by atoms with Crippen LogP contribution < -0.4 is 16.0 Å². The van der Waals surface area contributed by atoms with Gasteiger partial charge in [-0.25, -0.2) is 0 Å². The third-order valence-corrected chi connectivity index (χ3v) is 5.44. The number of anilines is 2. The van der Waals surface area contributed by atoms with E-state index in [-0.39, 0.29) is 16.8 Å². The van der Waals surface area contributed by atoms with Gasteiger partial charge in [0.05, 0.1) is 16.3 Å². The molecule has 1 atom stereocenters. The second kappa shape index (κ2) is 9.03. The van der Waals surface area contributed by atoms with Crippen molar-refractivity contribution in [2.75, 3.05) is 36.4 Å². The molecule has 3 N–H and O–H groups in total. The Labute approximate surface area is 166 Å². The number of nitrogens with one attached hydrogen (secondary N) is 1. The van der Waals surface area contributed by atoms with E-state index in [0.717, 1.165) is 49.5 Å². The highest BCUT2D eigenvalue weighted by molar-refractivity contribution is 5.78. The fourth-order valence-corrected chi connectivity index (χ4v) is 3.69. The summed E-state index contributed by atoms with van der Waals surface area (Å²) in [6.45, 7) is 8.71. The summed E-state index contributed by atoms with van der Waals surface area (Å²) in [6, 6.07) is 13.4. The number of fused-ring (bicyclic) bond motifs is 1. The number of hydrogen-bond acceptors (Lipinski definition) is 6. The van der Waals surface area contributed by atoms with Gasteiger partial charge in [0, 0.05) is 38.2 Å². The van der Waals surface area contributed by atoms with Crippen molar-refractivity contribution in [3.05, 3.63) is 63.7 Å². The molecule has 0 amide bonds. The standard InChI is InChI=1S/C21H29N5O2/c1-3-24(4-2)11-12-25-20-10-9-18(26(27)28)14-19(20)23-21(25)13-16-5-7-17(15-22)8-6-16/h5-10,14,21,23H,3-4,11-13,15,22H2,1-2H3. The van der Waals surface area contributed by atoms with Crippen LogP contribution in [0.1, 0.15) is 25.0 Å². The molecule has 0 radical (unpaired) electrons. The van der Waals surface area contributed by atoms with Gasteiger partial charge in [-0.3, -0.25) is 10.1 Å². The quantitative estimate of drug-likeness (QED) is 0.511. The molecule has 0 fully saturated rings. The van der Waals surface area contributed by atoms with Crippen molar-refractivity contribution in [2.45, 2.75) is 33.0 Å². The molecule has 7 heteroatoms. The molecule has 0 aliphatic carbocycles. The molecule has 28 heavy (non-hydrogen) atoms. The summed E-state index contributed by atoms with van der Waals surface area (Å²) in [5.74, 6) is 0. The van der Waals surface area contributed by atoms with Gasteiger partial charge in [0.15, 0.2) is 0 Å². The molecule has 1 aliphatic rings. The van der Waals surface area contributed by atoms with E-state index in [1.54, 1.807) is 12.1 Å². The van der Waals surface area contributed by atoms with Gasteiger partial charge < -0.3 is 20.9 Å². The van der Waals surface area contributed by atoms with E-state index in [1.807, 2.05) is 6.07 Å². The Morgan fingerprint density at radius 1 is 1.14 bits per heavy atom. The Hall–Kier alpha value is -2.64. The maximum absolute atomic E-state index is 11.2. The molecule has 1 unspecified atom stereocenters. The predicted molar refractivity (Wildman–Crippen MR) is 114 cm³/mol. The van der Waals surface area contributed by atoms with E-state index in [9.17, 15) is 10.1 Å². The summed E-state index contributed by atoms with van der Waals surface area (Å²) < 4.78 is 0. The highest BCUT2D eigenvalue weighted by Gasteiger charge is 2.30. The van der Waals surface area contributed by atoms with E-state index in [2.05, 4.69) is 53.2 Å². The van der Waals surface area contributed by atoms with Crippen molar-refractivity contribution in [2.24, 2.45) is 5.73 Å². The minimum absolute atomic E-state index is 0.0660. The zero-order valence-corrected chi connectivity index (χ0v) is 16.6. The molecule has 0 spiro atoms. The minimum atomic E-state index is -0.346. The Morgan fingerprint density at radius 3 is 2.43 bits per heavy atom. The molecule has 1 heterocycles. The summed E-state index contributed by atoms with van der Waals surface area (Å²) in [6.07, 6.45) is 0.877. The number of non-ortho nitro benzene ring substituents is 1. The maximum atomic E-state index is 11.2. The van der Waals surface area contributed by atoms with Crippen molar-refractivity contribution in [1.29, 1.82) is 0 Å². The highest BCUT2D eigenvalue weighted by Crippen LogP contribution is 2.38. The van der Waals surface area contributed by atoms with Gasteiger partial charge in [0.25, 0.3) is 5.69 Å². The Bertz CT molecular complexity index is 805. The maximum Gasteiger partial charge on any atom is 0.271 e. The number of benzene rings is 2. The van der Waals surface area contributed by atoms with Crippen LogP contribution in [0.25, 0.3) is 0 Å². The predicted octanol–water partition coefficient (Wildman–Crippen LogP) is 3.20. The van der Waals surface area contributed by atoms with Crippen LogP contribution in [-0.4, -0.2) is 42.2 Å². The van der Waals surface area contributed by atoms with Gasteiger partial charge in [0.2, 0.25) is 0 Å². The van der Waals surface area contributed by atoms with Crippen LogP contribution in [0.4, 0.5) is 17.1 Å². The van der Waals surface area contributed by atoms with Crippen LogP contribution in [0.5, 0.6) is 0 Å². The first-order valence-electron chi connectivity index (χ1n) is 9.87. The number of nitrogens with zero attached hydrogens (tertiary/aromatic N) is 3. The lowest BCUT2D eigenvalue weighted by Crippen LogP contribution is -2.42. The van der Waals surface area contributed by atoms with E-state index in [4.69, 9.17) is 5.73 Å². The zero-order valence-electron chi connectivity index (χ0n) is 16.6. The largest absolute Gasteiger partial charge is 0.363 e. The van der Waals surface area contributed by atoms with Crippen LogP contribution in [-0.2, 0) is 13.0 Å². The topological polar surface area (TPSA) is 87.7 Å². The summed E-state index contributed by atoms with van der Waals surface area (Å²) in [5, 5.41) is 14.7. The zero-order chi connectivity index (χ0) is 20.1. The van der Waals surface area contributed by atoms with E-state index >= 15 is 0 Å². The Kier molecular flexibility index (Phi) is 6.49. The first kappa shape index (κ1) is 20.1. The fourth-order valence-electron chi connectivity index (χ4n) is 3.69. The monoisotopic (exact) mass is 383 g/mol. The molecule has 0 aromatic heterocycles. The van der Waals surface area contributed by atoms with Gasteiger partial charge in [-0.15, -0.1) is 0 Å². The third kappa shape index (κ3) is 4.43. The Balaban J connectivity index is 1.82. The number of nitro groups is 1. The van der Waals surface area contributed by atoms with Crippen LogP contribution in [0.2, 0.25) is 0 Å². The lowest BCUT2D eigenvalue weighted by molar-refractivity contribution is -0.384. The van der Waals surface area contributed by atoms with E-state index in [1.165, 1.54) is 5.56 Å². The minimum Gasteiger partial charge on any atom is -0.363 e. The molecule has 0 bridgehead atoms. The molecule has 150 valence electrons. The Morgan fingerprint density at radius 2 is 1.82 bits per heavy atom. The van der Waals surface area contributed by atoms with Crippen LogP contribution >= 0.6 is 0 Å². The van der Waals surface area contributed by atoms with Gasteiger partial charge >= 0.3 is 0 Å². The summed E-state index contributed by atoms with van der Waals surface area (Å²) >= 11 is 0. The molecule has 3 rings (SSSR count). The summed E-state index contributed by atoms with van der Waals surface area (Å²) in [4.78, 5) is 15.5. The lowest BCUT2D eigenvalue weighted by atomic mass is 10.1. The van der Waals surface area contributed by atoms with E-state index < -0.39 is 0 Å². The summed E-state index contributed by atoms with van der Waals surface area (Å²) in [5.41, 5.74) is 9.99. The SMILES string of the molecule is CCN(CC)CCN1c2ccc([N+](=O)[O-])cc2NC1Cc1ccc(CN)cc1. The molecular weight excluding hydrogens is 354 g/mol. The molecule has 1 aliphatic heterocycles. The number of nitrogens with two attached hydrogens (primary N) is 1. The van der Waals surface area contributed by atoms with Crippen molar-refractivity contribution < 1.29 is 4.92 Å². The number of likely N-dealkylation sites (N-methyl/N-ethyl adjacent to an activating group) is 1. The highest BCUT2D eigenvalue weighted by atomic mass is 16.6.